The highest BCUT2D eigenvalue weighted by Crippen LogP contribution is 2.38. The number of hydrogen-bond donors (Lipinski definition) is 1. The van der Waals surface area contributed by atoms with Gasteiger partial charge in [0, 0.05) is 10.9 Å². The number of likely N-dealkylation sites (tertiary alicyclic amines) is 1. The molecule has 1 aliphatic heterocycles. The van der Waals surface area contributed by atoms with E-state index < -0.39 is 0 Å². The molecule has 2 unspecified atom stereocenters. The second kappa shape index (κ2) is 7.77. The summed E-state index contributed by atoms with van der Waals surface area (Å²) in [5.41, 5.74) is 0. The summed E-state index contributed by atoms with van der Waals surface area (Å²) in [6.45, 7) is 5.75. The molecule has 0 spiro atoms. The van der Waals surface area contributed by atoms with Crippen molar-refractivity contribution in [2.45, 2.75) is 38.6 Å². The third-order valence-corrected chi connectivity index (χ3v) is 5.67. The van der Waals surface area contributed by atoms with Crippen LogP contribution in [0.2, 0.25) is 0 Å². The second-order valence-corrected chi connectivity index (χ2v) is 8.02. The van der Waals surface area contributed by atoms with Crippen LogP contribution >= 0.6 is 27.3 Å². The fourth-order valence-electron chi connectivity index (χ4n) is 3.04. The highest BCUT2D eigenvalue weighted by atomic mass is 79.9. The molecule has 1 aromatic rings. The van der Waals surface area contributed by atoms with Crippen LogP contribution in [0.25, 0.3) is 0 Å². The zero-order chi connectivity index (χ0) is 13.7. The lowest BCUT2D eigenvalue weighted by Gasteiger charge is -2.32. The summed E-state index contributed by atoms with van der Waals surface area (Å²) in [5.74, 6) is 0.740. The third kappa shape index (κ3) is 4.28. The maximum Gasteiger partial charge on any atom is 0.0701 e. The van der Waals surface area contributed by atoms with Crippen LogP contribution in [0.3, 0.4) is 0 Å². The molecule has 2 rings (SSSR count). The highest BCUT2D eigenvalue weighted by molar-refractivity contribution is 9.11. The monoisotopic (exact) mass is 344 g/mol. The average molecular weight is 345 g/mol. The van der Waals surface area contributed by atoms with Crippen molar-refractivity contribution in [3.63, 3.8) is 0 Å². The minimum Gasteiger partial charge on any atom is -0.316 e. The van der Waals surface area contributed by atoms with E-state index in [1.807, 2.05) is 11.3 Å². The van der Waals surface area contributed by atoms with E-state index in [2.05, 4.69) is 52.3 Å². The van der Waals surface area contributed by atoms with Gasteiger partial charge in [0.25, 0.3) is 0 Å². The summed E-state index contributed by atoms with van der Waals surface area (Å²) < 4.78 is 1.25. The molecule has 0 bridgehead atoms. The molecule has 0 radical (unpaired) electrons. The Hall–Kier alpha value is 0.1000. The topological polar surface area (TPSA) is 15.3 Å². The maximum absolute atomic E-state index is 3.63. The van der Waals surface area contributed by atoms with E-state index in [9.17, 15) is 0 Å². The number of nitrogens with one attached hydrogen (secondary N) is 1. The van der Waals surface area contributed by atoms with Gasteiger partial charge in [0.05, 0.1) is 3.79 Å². The van der Waals surface area contributed by atoms with E-state index in [1.165, 1.54) is 40.9 Å². The zero-order valence-corrected chi connectivity index (χ0v) is 14.4. The minimum atomic E-state index is 0.586. The second-order valence-electron chi connectivity index (χ2n) is 5.53. The molecule has 0 amide bonds. The predicted molar refractivity (Wildman–Crippen MR) is 87.9 cm³/mol. The number of rotatable bonds is 5. The van der Waals surface area contributed by atoms with E-state index >= 15 is 0 Å². The Labute approximate surface area is 129 Å². The van der Waals surface area contributed by atoms with Gasteiger partial charge < -0.3 is 5.32 Å². The van der Waals surface area contributed by atoms with Crippen LogP contribution in [-0.4, -0.2) is 31.6 Å². The molecule has 2 heterocycles. The number of nitrogens with zero attached hydrogens (tertiary/aromatic N) is 1. The molecule has 0 aromatic carbocycles. The third-order valence-electron chi connectivity index (χ3n) is 3.98. The van der Waals surface area contributed by atoms with Gasteiger partial charge in [-0.05, 0) is 79.9 Å². The Morgan fingerprint density at radius 1 is 1.42 bits per heavy atom. The number of hydrogen-bond acceptors (Lipinski definition) is 3. The minimum absolute atomic E-state index is 0.586. The Balaban J connectivity index is 2.11. The van der Waals surface area contributed by atoms with Gasteiger partial charge in [0.2, 0.25) is 0 Å². The summed E-state index contributed by atoms with van der Waals surface area (Å²) >= 11 is 5.50. The average Bonchev–Trinajstić information content (AvgIpc) is 2.72. The molecule has 1 saturated heterocycles. The van der Waals surface area contributed by atoms with Gasteiger partial charge in [-0.1, -0.05) is 13.3 Å². The van der Waals surface area contributed by atoms with Gasteiger partial charge in [-0.3, -0.25) is 4.90 Å². The van der Waals surface area contributed by atoms with Crippen LogP contribution in [-0.2, 0) is 0 Å². The molecule has 0 saturated carbocycles. The first-order valence-corrected chi connectivity index (χ1v) is 8.99. The lowest BCUT2D eigenvalue weighted by molar-refractivity contribution is 0.192. The molecule has 1 N–H and O–H groups in total. The summed E-state index contributed by atoms with van der Waals surface area (Å²) in [5, 5.41) is 3.63. The molecule has 0 aliphatic carbocycles. The van der Waals surface area contributed by atoms with Gasteiger partial charge in [-0.15, -0.1) is 11.3 Å². The molecule has 108 valence electrons. The van der Waals surface area contributed by atoms with Crippen molar-refractivity contribution in [1.82, 2.24) is 10.2 Å². The first kappa shape index (κ1) is 15.5. The van der Waals surface area contributed by atoms with E-state index in [1.54, 1.807) is 0 Å². The van der Waals surface area contributed by atoms with E-state index in [-0.39, 0.29) is 0 Å². The van der Waals surface area contributed by atoms with Crippen LogP contribution in [0.5, 0.6) is 0 Å². The van der Waals surface area contributed by atoms with E-state index in [0.717, 1.165) is 19.0 Å². The van der Waals surface area contributed by atoms with Crippen molar-refractivity contribution in [2.24, 2.45) is 5.92 Å². The van der Waals surface area contributed by atoms with Crippen LogP contribution in [0.15, 0.2) is 15.9 Å². The van der Waals surface area contributed by atoms with E-state index in [4.69, 9.17) is 0 Å². The van der Waals surface area contributed by atoms with Crippen molar-refractivity contribution in [1.29, 1.82) is 0 Å². The van der Waals surface area contributed by atoms with Crippen molar-refractivity contribution >= 4 is 27.3 Å². The van der Waals surface area contributed by atoms with Crippen molar-refractivity contribution in [2.75, 3.05) is 26.7 Å². The Kier molecular flexibility index (Phi) is 6.33. The van der Waals surface area contributed by atoms with Gasteiger partial charge in [0.15, 0.2) is 0 Å². The van der Waals surface area contributed by atoms with Crippen LogP contribution in [0.4, 0.5) is 0 Å². The number of thiophene rings is 1. The standard InChI is InChI=1S/C15H25BrN2S/c1-3-9-17-11-12-6-4-5-10-18(2)15(12)13-7-8-14(16)19-13/h7-8,12,15,17H,3-6,9-11H2,1-2H3. The SMILES string of the molecule is CCCNCC1CCCCN(C)C1c1ccc(Br)s1. The quantitative estimate of drug-likeness (QED) is 0.801. The first-order chi connectivity index (χ1) is 9.22. The lowest BCUT2D eigenvalue weighted by Crippen LogP contribution is -2.34. The first-order valence-electron chi connectivity index (χ1n) is 7.38. The summed E-state index contributed by atoms with van der Waals surface area (Å²) in [4.78, 5) is 4.07. The molecule has 1 fully saturated rings. The molecule has 19 heavy (non-hydrogen) atoms. The van der Waals surface area contributed by atoms with Crippen LogP contribution in [0, 0.1) is 5.92 Å². The van der Waals surface area contributed by atoms with Crippen LogP contribution in [0.1, 0.15) is 43.5 Å². The Morgan fingerprint density at radius 2 is 2.26 bits per heavy atom. The molecule has 1 aliphatic rings. The molecule has 2 atom stereocenters. The zero-order valence-electron chi connectivity index (χ0n) is 12.0. The summed E-state index contributed by atoms with van der Waals surface area (Å²) in [6.07, 6.45) is 5.27. The fourth-order valence-corrected chi connectivity index (χ4v) is 4.72. The van der Waals surface area contributed by atoms with Crippen molar-refractivity contribution in [3.05, 3.63) is 20.8 Å². The molecule has 4 heteroatoms. The maximum atomic E-state index is 3.63. The smallest absolute Gasteiger partial charge is 0.0701 e. The molecule has 1 aromatic heterocycles. The van der Waals surface area contributed by atoms with Gasteiger partial charge in [-0.25, -0.2) is 0 Å². The molecular weight excluding hydrogens is 320 g/mol. The largest absolute Gasteiger partial charge is 0.316 e. The van der Waals surface area contributed by atoms with Gasteiger partial charge in [-0.2, -0.15) is 0 Å². The lowest BCUT2D eigenvalue weighted by atomic mass is 9.93. The Morgan fingerprint density at radius 3 is 2.95 bits per heavy atom. The van der Waals surface area contributed by atoms with Gasteiger partial charge >= 0.3 is 0 Å². The normalized spacial score (nSPS) is 25.4. The fraction of sp³-hybridized carbons (Fsp3) is 0.733. The molecule has 2 nitrogen and oxygen atoms in total. The number of halogens is 1. The Bertz CT molecular complexity index is 380. The van der Waals surface area contributed by atoms with Crippen LogP contribution < -0.4 is 5.32 Å². The molecular formula is C15H25BrN2S. The highest BCUT2D eigenvalue weighted by Gasteiger charge is 2.29. The van der Waals surface area contributed by atoms with Crippen molar-refractivity contribution in [3.8, 4) is 0 Å². The summed E-state index contributed by atoms with van der Waals surface area (Å²) in [6, 6.07) is 5.08. The predicted octanol–water partition coefficient (Wildman–Crippen LogP) is 4.28. The van der Waals surface area contributed by atoms with E-state index in [0.29, 0.717) is 6.04 Å². The van der Waals surface area contributed by atoms with Crippen molar-refractivity contribution < 1.29 is 0 Å². The summed E-state index contributed by atoms with van der Waals surface area (Å²) in [7, 11) is 2.29. The van der Waals surface area contributed by atoms with Gasteiger partial charge in [0.1, 0.15) is 0 Å².